The van der Waals surface area contributed by atoms with Crippen LogP contribution in [0.4, 0.5) is 0 Å². The maximum atomic E-state index is 13.7. The van der Waals surface area contributed by atoms with Crippen LogP contribution in [0.5, 0.6) is 5.75 Å². The van der Waals surface area contributed by atoms with E-state index < -0.39 is 53.8 Å². The highest BCUT2D eigenvalue weighted by Gasteiger charge is 2.31. The highest BCUT2D eigenvalue weighted by atomic mass is 32.1. The first-order chi connectivity index (χ1) is 20.0. The van der Waals surface area contributed by atoms with Crippen molar-refractivity contribution in [3.05, 3.63) is 65.9 Å². The Labute approximate surface area is 246 Å². The molecular formula is C28H34N6O7S. The topological polar surface area (TPSA) is 230 Å². The molecule has 42 heavy (non-hydrogen) atoms. The van der Waals surface area contributed by atoms with Gasteiger partial charge in [0.2, 0.25) is 23.6 Å². The number of amides is 4. The third-order valence-corrected chi connectivity index (χ3v) is 6.94. The van der Waals surface area contributed by atoms with E-state index in [9.17, 15) is 34.2 Å². The highest BCUT2D eigenvalue weighted by molar-refractivity contribution is 7.80. The Bertz CT molecular complexity index is 1430. The maximum Gasteiger partial charge on any atom is 0.327 e. The highest BCUT2D eigenvalue weighted by Crippen LogP contribution is 2.19. The number of aromatic amines is 1. The number of phenolic OH excluding ortho intramolecular Hbond substituents is 1. The molecule has 3 aromatic rings. The molecule has 0 aliphatic carbocycles. The summed E-state index contributed by atoms with van der Waals surface area (Å²) in [4.78, 5) is 65.6. The van der Waals surface area contributed by atoms with Crippen LogP contribution >= 0.6 is 12.6 Å². The van der Waals surface area contributed by atoms with Crippen LogP contribution in [0, 0.1) is 0 Å². The molecule has 13 nitrogen and oxygen atoms in total. The van der Waals surface area contributed by atoms with Crippen molar-refractivity contribution in [3.8, 4) is 5.75 Å². The number of aliphatic carboxylic acids is 1. The summed E-state index contributed by atoms with van der Waals surface area (Å²) >= 11 is 3.97. The van der Waals surface area contributed by atoms with E-state index in [-0.39, 0.29) is 37.2 Å². The summed E-state index contributed by atoms with van der Waals surface area (Å²) in [5, 5.41) is 27.4. The predicted molar refractivity (Wildman–Crippen MR) is 157 cm³/mol. The number of carbonyl (C=O) groups is 5. The van der Waals surface area contributed by atoms with Gasteiger partial charge in [0, 0.05) is 42.1 Å². The van der Waals surface area contributed by atoms with E-state index in [0.717, 1.165) is 10.9 Å². The first-order valence-electron chi connectivity index (χ1n) is 13.1. The second kappa shape index (κ2) is 14.9. The fraction of sp³-hybridized carbons (Fsp3) is 0.321. The first kappa shape index (κ1) is 32.0. The molecule has 0 saturated carbocycles. The number of aromatic nitrogens is 1. The van der Waals surface area contributed by atoms with Gasteiger partial charge in [0.15, 0.2) is 0 Å². The van der Waals surface area contributed by atoms with Gasteiger partial charge in [-0.1, -0.05) is 30.3 Å². The van der Waals surface area contributed by atoms with Gasteiger partial charge in [-0.2, -0.15) is 12.6 Å². The smallest absolute Gasteiger partial charge is 0.327 e. The van der Waals surface area contributed by atoms with Crippen LogP contribution in [-0.4, -0.2) is 74.7 Å². The summed E-state index contributed by atoms with van der Waals surface area (Å²) in [5.74, 6) is -4.34. The van der Waals surface area contributed by atoms with Crippen LogP contribution in [0.1, 0.15) is 24.0 Å². The number of benzene rings is 2. The molecule has 224 valence electrons. The molecule has 0 aliphatic rings. The van der Waals surface area contributed by atoms with Crippen molar-refractivity contribution in [2.45, 2.75) is 49.9 Å². The number of rotatable bonds is 15. The number of nitrogens with one attached hydrogen (secondary N) is 4. The average molecular weight is 599 g/mol. The number of H-pyrrole nitrogens is 1. The molecule has 4 atom stereocenters. The Kier molecular flexibility index (Phi) is 11.3. The average Bonchev–Trinajstić information content (AvgIpc) is 3.37. The van der Waals surface area contributed by atoms with E-state index in [0.29, 0.717) is 11.1 Å². The fourth-order valence-corrected chi connectivity index (χ4v) is 4.49. The lowest BCUT2D eigenvalue weighted by Gasteiger charge is -2.25. The summed E-state index contributed by atoms with van der Waals surface area (Å²) in [6.45, 7) is 0. The molecule has 0 saturated heterocycles. The van der Waals surface area contributed by atoms with Gasteiger partial charge in [0.05, 0.1) is 6.04 Å². The molecule has 0 aliphatic heterocycles. The molecular weight excluding hydrogens is 564 g/mol. The zero-order valence-electron chi connectivity index (χ0n) is 22.6. The van der Waals surface area contributed by atoms with Gasteiger partial charge >= 0.3 is 5.97 Å². The van der Waals surface area contributed by atoms with E-state index in [1.165, 1.54) is 12.1 Å². The molecule has 2 aromatic carbocycles. The largest absolute Gasteiger partial charge is 0.508 e. The molecule has 4 amide bonds. The Morgan fingerprint density at radius 3 is 2.07 bits per heavy atom. The monoisotopic (exact) mass is 598 g/mol. The summed E-state index contributed by atoms with van der Waals surface area (Å²) in [5.41, 5.74) is 13.2. The van der Waals surface area contributed by atoms with Gasteiger partial charge in [0.1, 0.15) is 23.9 Å². The van der Waals surface area contributed by atoms with E-state index in [1.54, 1.807) is 18.3 Å². The van der Waals surface area contributed by atoms with Crippen molar-refractivity contribution in [1.82, 2.24) is 20.9 Å². The number of primary amides is 1. The minimum atomic E-state index is -1.31. The summed E-state index contributed by atoms with van der Waals surface area (Å²) in [6.07, 6.45) is 1.51. The van der Waals surface area contributed by atoms with Crippen molar-refractivity contribution < 1.29 is 34.2 Å². The molecule has 3 rings (SSSR count). The molecule has 0 bridgehead atoms. The predicted octanol–water partition coefficient (Wildman–Crippen LogP) is -0.280. The molecule has 0 radical (unpaired) electrons. The van der Waals surface area contributed by atoms with E-state index in [1.807, 2.05) is 24.3 Å². The van der Waals surface area contributed by atoms with Gasteiger partial charge in [-0.05, 0) is 35.7 Å². The van der Waals surface area contributed by atoms with Crippen LogP contribution in [0.2, 0.25) is 0 Å². The number of aromatic hydroxyl groups is 1. The molecule has 4 unspecified atom stereocenters. The number of carboxylic acid groups (broad SMARTS) is 1. The molecule has 0 fully saturated rings. The van der Waals surface area contributed by atoms with Crippen LogP contribution in [0.3, 0.4) is 0 Å². The molecule has 1 aromatic heterocycles. The van der Waals surface area contributed by atoms with Crippen LogP contribution in [0.25, 0.3) is 10.9 Å². The van der Waals surface area contributed by atoms with Gasteiger partial charge in [-0.3, -0.25) is 19.2 Å². The lowest BCUT2D eigenvalue weighted by Crippen LogP contribution is -2.58. The number of nitrogens with two attached hydrogens (primary N) is 2. The molecule has 10 N–H and O–H groups in total. The van der Waals surface area contributed by atoms with Crippen LogP contribution < -0.4 is 27.4 Å². The van der Waals surface area contributed by atoms with Gasteiger partial charge < -0.3 is 42.6 Å². The Morgan fingerprint density at radius 2 is 1.45 bits per heavy atom. The number of phenols is 1. The second-order valence-electron chi connectivity index (χ2n) is 9.75. The number of para-hydroxylation sites is 1. The van der Waals surface area contributed by atoms with Gasteiger partial charge in [-0.15, -0.1) is 0 Å². The van der Waals surface area contributed by atoms with Crippen molar-refractivity contribution in [2.24, 2.45) is 11.5 Å². The number of fused-ring (bicyclic) bond motifs is 1. The van der Waals surface area contributed by atoms with Crippen molar-refractivity contribution in [3.63, 3.8) is 0 Å². The fourth-order valence-electron chi connectivity index (χ4n) is 4.24. The number of thiol groups is 1. The molecule has 1 heterocycles. The second-order valence-corrected chi connectivity index (χ2v) is 10.1. The normalized spacial score (nSPS) is 13.9. The van der Waals surface area contributed by atoms with Gasteiger partial charge in [0.25, 0.3) is 0 Å². The Balaban J connectivity index is 1.88. The zero-order chi connectivity index (χ0) is 30.8. The number of hydrogen-bond donors (Lipinski definition) is 9. The standard InChI is InChI=1S/C28H34N6O7S/c29-19(9-10-24(30)36)25(37)32-22(12-16-13-31-20-4-2-1-3-18(16)20)27(39)33-21(11-15-5-7-17(35)8-6-15)26(38)34-23(14-42)28(40)41/h1-8,13,19,21-23,31,35,42H,9-12,14,29H2,(H2,30,36)(H,32,37)(H,33,39)(H,34,38)(H,40,41). The SMILES string of the molecule is NC(=O)CCC(N)C(=O)NC(Cc1c[nH]c2ccccc12)C(=O)NC(Cc1ccc(O)cc1)C(=O)NC(CS)C(=O)O. The number of hydrogen-bond acceptors (Lipinski definition) is 8. The lowest BCUT2D eigenvalue weighted by atomic mass is 10.0. The van der Waals surface area contributed by atoms with Crippen molar-refractivity contribution in [2.75, 3.05) is 5.75 Å². The minimum absolute atomic E-state index is 0.000943. The Hall–Kier alpha value is -4.56. The summed E-state index contributed by atoms with van der Waals surface area (Å²) in [7, 11) is 0. The minimum Gasteiger partial charge on any atom is -0.508 e. The van der Waals surface area contributed by atoms with Crippen molar-refractivity contribution in [1.29, 1.82) is 0 Å². The van der Waals surface area contributed by atoms with Crippen molar-refractivity contribution >= 4 is 53.1 Å². The van der Waals surface area contributed by atoms with E-state index >= 15 is 0 Å². The quantitative estimate of drug-likeness (QED) is 0.105. The van der Waals surface area contributed by atoms with Crippen LogP contribution in [0.15, 0.2) is 54.7 Å². The number of carboxylic acids is 1. The molecule has 14 heteroatoms. The third-order valence-electron chi connectivity index (χ3n) is 6.58. The molecule has 0 spiro atoms. The van der Waals surface area contributed by atoms with E-state index in [2.05, 4.69) is 33.6 Å². The zero-order valence-corrected chi connectivity index (χ0v) is 23.5. The summed E-state index contributed by atoms with van der Waals surface area (Å²) in [6, 6.07) is 8.40. The first-order valence-corrected chi connectivity index (χ1v) is 13.7. The third kappa shape index (κ3) is 8.97. The van der Waals surface area contributed by atoms with Gasteiger partial charge in [-0.25, -0.2) is 4.79 Å². The summed E-state index contributed by atoms with van der Waals surface area (Å²) < 4.78 is 0. The van der Waals surface area contributed by atoms with E-state index in [4.69, 9.17) is 11.5 Å². The number of carbonyl (C=O) groups excluding carboxylic acids is 4. The lowest BCUT2D eigenvalue weighted by molar-refractivity contribution is -0.141. The van der Waals surface area contributed by atoms with Crippen LogP contribution in [-0.2, 0) is 36.8 Å². The maximum absolute atomic E-state index is 13.7. The Morgan fingerprint density at radius 1 is 0.857 bits per heavy atom.